The molecule has 0 spiro atoms. The van der Waals surface area contributed by atoms with Gasteiger partial charge in [0.05, 0.1) is 10.9 Å². The number of fused-ring (bicyclic) bond motifs is 1. The Morgan fingerprint density at radius 1 is 1.29 bits per heavy atom. The first-order chi connectivity index (χ1) is 11.5. The number of carbonyl (C=O) groups excluding carboxylic acids is 1. The molecule has 0 saturated carbocycles. The number of rotatable bonds is 7. The predicted octanol–water partition coefficient (Wildman–Crippen LogP) is 3.30. The van der Waals surface area contributed by atoms with E-state index in [1.165, 1.54) is 0 Å². The van der Waals surface area contributed by atoms with Crippen LogP contribution in [0, 0.1) is 0 Å². The summed E-state index contributed by atoms with van der Waals surface area (Å²) in [5, 5.41) is 3.31. The number of nitrogens with zero attached hydrogens (tertiary/aromatic N) is 1. The summed E-state index contributed by atoms with van der Waals surface area (Å²) in [6, 6.07) is 5.45. The number of aryl methyl sites for hydroxylation is 1. The summed E-state index contributed by atoms with van der Waals surface area (Å²) >= 11 is 0. The third-order valence-electron chi connectivity index (χ3n) is 4.38. The molecule has 5 heteroatoms. The fraction of sp³-hybridized carbons (Fsp3) is 0.474. The number of hydrogen-bond acceptors (Lipinski definition) is 3. The van der Waals surface area contributed by atoms with E-state index in [-0.39, 0.29) is 22.9 Å². The van der Waals surface area contributed by atoms with Crippen molar-refractivity contribution >= 4 is 22.5 Å². The Labute approximate surface area is 142 Å². The Balaban J connectivity index is 2.55. The zero-order valence-electron chi connectivity index (χ0n) is 14.8. The van der Waals surface area contributed by atoms with Crippen LogP contribution in [-0.4, -0.2) is 16.5 Å². The highest BCUT2D eigenvalue weighted by Crippen LogP contribution is 2.19. The summed E-state index contributed by atoms with van der Waals surface area (Å²) in [5.74, 6) is -0.330. The zero-order valence-corrected chi connectivity index (χ0v) is 14.8. The Kier molecular flexibility index (Phi) is 6.01. The summed E-state index contributed by atoms with van der Waals surface area (Å²) in [6.07, 6.45) is 5.70. The van der Waals surface area contributed by atoms with Crippen LogP contribution in [-0.2, 0) is 6.54 Å². The van der Waals surface area contributed by atoms with Gasteiger partial charge >= 0.3 is 0 Å². The van der Waals surface area contributed by atoms with Crippen molar-refractivity contribution in [1.29, 1.82) is 0 Å². The van der Waals surface area contributed by atoms with Gasteiger partial charge in [0.1, 0.15) is 5.56 Å². The Bertz CT molecular complexity index is 780. The molecule has 0 radical (unpaired) electrons. The SMILES string of the molecule is CCCCCn1cc(C(=O)NC(C)CC)c(=O)c2c(N)cccc21. The smallest absolute Gasteiger partial charge is 0.256 e. The first-order valence-corrected chi connectivity index (χ1v) is 8.72. The third kappa shape index (κ3) is 3.78. The van der Waals surface area contributed by atoms with E-state index in [0.29, 0.717) is 11.1 Å². The van der Waals surface area contributed by atoms with Crippen LogP contribution in [0.5, 0.6) is 0 Å². The number of hydrogen-bond donors (Lipinski definition) is 2. The predicted molar refractivity (Wildman–Crippen MR) is 99.4 cm³/mol. The van der Waals surface area contributed by atoms with Gasteiger partial charge in [-0.15, -0.1) is 0 Å². The molecule has 1 unspecified atom stereocenters. The first-order valence-electron chi connectivity index (χ1n) is 8.72. The third-order valence-corrected chi connectivity index (χ3v) is 4.38. The van der Waals surface area contributed by atoms with Crippen molar-refractivity contribution in [2.75, 3.05) is 5.73 Å². The zero-order chi connectivity index (χ0) is 17.7. The number of nitrogens with two attached hydrogens (primary N) is 1. The number of anilines is 1. The first kappa shape index (κ1) is 18.0. The van der Waals surface area contributed by atoms with Gasteiger partial charge < -0.3 is 15.6 Å². The van der Waals surface area contributed by atoms with E-state index < -0.39 is 0 Å². The van der Waals surface area contributed by atoms with Crippen LogP contribution in [0.15, 0.2) is 29.2 Å². The van der Waals surface area contributed by atoms with E-state index in [1.807, 2.05) is 30.5 Å². The van der Waals surface area contributed by atoms with E-state index in [2.05, 4.69) is 12.2 Å². The molecule has 5 nitrogen and oxygen atoms in total. The summed E-state index contributed by atoms with van der Waals surface area (Å²) in [5.41, 5.74) is 7.11. The van der Waals surface area contributed by atoms with Gasteiger partial charge in [-0.3, -0.25) is 9.59 Å². The van der Waals surface area contributed by atoms with Gasteiger partial charge in [-0.1, -0.05) is 32.8 Å². The molecule has 1 atom stereocenters. The molecule has 1 amide bonds. The maximum Gasteiger partial charge on any atom is 0.256 e. The highest BCUT2D eigenvalue weighted by molar-refractivity contribution is 6.00. The van der Waals surface area contributed by atoms with Crippen LogP contribution >= 0.6 is 0 Å². The molecular formula is C19H27N3O2. The van der Waals surface area contributed by atoms with Crippen molar-refractivity contribution in [2.45, 2.75) is 59.0 Å². The van der Waals surface area contributed by atoms with Crippen LogP contribution < -0.4 is 16.5 Å². The van der Waals surface area contributed by atoms with Crippen LogP contribution in [0.25, 0.3) is 10.9 Å². The normalized spacial score (nSPS) is 12.3. The lowest BCUT2D eigenvalue weighted by Crippen LogP contribution is -2.35. The van der Waals surface area contributed by atoms with Crippen molar-refractivity contribution in [3.8, 4) is 0 Å². The number of amides is 1. The second-order valence-corrected chi connectivity index (χ2v) is 6.30. The minimum atomic E-state index is -0.330. The molecule has 0 saturated heterocycles. The largest absolute Gasteiger partial charge is 0.398 e. The maximum absolute atomic E-state index is 12.8. The number of aromatic nitrogens is 1. The number of unbranched alkanes of at least 4 members (excludes halogenated alkanes) is 2. The minimum absolute atomic E-state index is 0.0225. The highest BCUT2D eigenvalue weighted by Gasteiger charge is 2.17. The van der Waals surface area contributed by atoms with Gasteiger partial charge in [0.25, 0.3) is 5.91 Å². The molecule has 0 bridgehead atoms. The second-order valence-electron chi connectivity index (χ2n) is 6.30. The molecule has 1 heterocycles. The quantitative estimate of drug-likeness (QED) is 0.604. The molecule has 0 aliphatic heterocycles. The van der Waals surface area contributed by atoms with Crippen molar-refractivity contribution in [3.05, 3.63) is 40.2 Å². The Morgan fingerprint density at radius 2 is 2.04 bits per heavy atom. The molecule has 1 aromatic carbocycles. The van der Waals surface area contributed by atoms with Gasteiger partial charge in [0, 0.05) is 24.5 Å². The molecule has 2 rings (SSSR count). The van der Waals surface area contributed by atoms with Gasteiger partial charge in [-0.05, 0) is 31.9 Å². The highest BCUT2D eigenvalue weighted by atomic mass is 16.2. The van der Waals surface area contributed by atoms with Crippen LogP contribution in [0.4, 0.5) is 5.69 Å². The average molecular weight is 329 g/mol. The fourth-order valence-electron chi connectivity index (χ4n) is 2.75. The van der Waals surface area contributed by atoms with Crippen molar-refractivity contribution in [3.63, 3.8) is 0 Å². The molecule has 0 aliphatic rings. The fourth-order valence-corrected chi connectivity index (χ4v) is 2.75. The van der Waals surface area contributed by atoms with Crippen LogP contribution in [0.1, 0.15) is 56.8 Å². The molecule has 3 N–H and O–H groups in total. The average Bonchev–Trinajstić information content (AvgIpc) is 2.56. The number of pyridine rings is 1. The Hall–Kier alpha value is -2.30. The topological polar surface area (TPSA) is 77.1 Å². The van der Waals surface area contributed by atoms with E-state index >= 15 is 0 Å². The van der Waals surface area contributed by atoms with Gasteiger partial charge in [0.2, 0.25) is 5.43 Å². The molecule has 24 heavy (non-hydrogen) atoms. The Morgan fingerprint density at radius 3 is 2.71 bits per heavy atom. The van der Waals surface area contributed by atoms with Crippen molar-refractivity contribution in [1.82, 2.24) is 9.88 Å². The standard InChI is InChI=1S/C19H27N3O2/c1-4-6-7-11-22-12-14(19(24)21-13(3)5-2)18(23)17-15(20)9-8-10-16(17)22/h8-10,12-13H,4-7,11,20H2,1-3H3,(H,21,24). The molecular weight excluding hydrogens is 302 g/mol. The lowest BCUT2D eigenvalue weighted by molar-refractivity contribution is 0.0937. The minimum Gasteiger partial charge on any atom is -0.398 e. The lowest BCUT2D eigenvalue weighted by Gasteiger charge is -2.16. The molecule has 130 valence electrons. The van der Waals surface area contributed by atoms with Gasteiger partial charge in [-0.2, -0.15) is 0 Å². The summed E-state index contributed by atoms with van der Waals surface area (Å²) in [7, 11) is 0. The van der Waals surface area contributed by atoms with E-state index in [1.54, 1.807) is 12.3 Å². The molecule has 1 aromatic heterocycles. The van der Waals surface area contributed by atoms with E-state index in [0.717, 1.165) is 37.7 Å². The van der Waals surface area contributed by atoms with E-state index in [9.17, 15) is 9.59 Å². The van der Waals surface area contributed by atoms with Crippen LogP contribution in [0.2, 0.25) is 0 Å². The number of carbonyl (C=O) groups is 1. The van der Waals surface area contributed by atoms with Crippen LogP contribution in [0.3, 0.4) is 0 Å². The van der Waals surface area contributed by atoms with Gasteiger partial charge in [-0.25, -0.2) is 0 Å². The van der Waals surface area contributed by atoms with E-state index in [4.69, 9.17) is 5.73 Å². The van der Waals surface area contributed by atoms with Gasteiger partial charge in [0.15, 0.2) is 0 Å². The lowest BCUT2D eigenvalue weighted by atomic mass is 10.1. The molecule has 0 fully saturated rings. The number of nitrogen functional groups attached to an aromatic ring is 1. The summed E-state index contributed by atoms with van der Waals surface area (Å²) in [4.78, 5) is 25.3. The molecule has 2 aromatic rings. The molecule has 0 aliphatic carbocycles. The summed E-state index contributed by atoms with van der Waals surface area (Å²) < 4.78 is 1.98. The monoisotopic (exact) mass is 329 g/mol. The summed E-state index contributed by atoms with van der Waals surface area (Å²) in [6.45, 7) is 6.82. The van der Waals surface area contributed by atoms with Crippen molar-refractivity contribution in [2.24, 2.45) is 0 Å². The maximum atomic E-state index is 12.8. The number of benzene rings is 1. The van der Waals surface area contributed by atoms with Crippen molar-refractivity contribution < 1.29 is 4.79 Å². The second kappa shape index (κ2) is 7.99. The number of nitrogens with one attached hydrogen (secondary N) is 1.